The monoisotopic (exact) mass is 311 g/mol. The van der Waals surface area contributed by atoms with Crippen molar-refractivity contribution in [2.45, 2.75) is 0 Å². The number of nitrogens with two attached hydrogens (primary N) is 2. The van der Waals surface area contributed by atoms with Gasteiger partial charge in [0.2, 0.25) is 0 Å². The average molecular weight is 311 g/mol. The van der Waals surface area contributed by atoms with Crippen LogP contribution in [0.25, 0.3) is 33.3 Å². The Morgan fingerprint density at radius 2 is 1.33 bits per heavy atom. The molecule has 0 amide bonds. The Labute approximate surface area is 140 Å². The van der Waals surface area contributed by atoms with Crippen LogP contribution in [0.15, 0.2) is 78.9 Å². The number of pyridine rings is 1. The largest absolute Gasteiger partial charge is 0.399 e. The lowest BCUT2D eigenvalue weighted by molar-refractivity contribution is 1.40. The van der Waals surface area contributed by atoms with E-state index in [4.69, 9.17) is 16.5 Å². The van der Waals surface area contributed by atoms with E-state index in [0.717, 1.165) is 44.7 Å². The summed E-state index contributed by atoms with van der Waals surface area (Å²) in [7, 11) is 0. The van der Waals surface area contributed by atoms with Gasteiger partial charge in [-0.05, 0) is 47.5 Å². The number of benzene rings is 3. The molecule has 24 heavy (non-hydrogen) atoms. The molecule has 0 atom stereocenters. The molecule has 4 N–H and O–H groups in total. The summed E-state index contributed by atoms with van der Waals surface area (Å²) in [6.07, 6.45) is 0. The molecule has 0 unspecified atom stereocenters. The SMILES string of the molecule is Nc1ccc(-c2cc(-c3ccccc3)c3cc(N)ccc3n2)cc1. The van der Waals surface area contributed by atoms with E-state index in [1.165, 1.54) is 0 Å². The fraction of sp³-hybridized carbons (Fsp3) is 0. The van der Waals surface area contributed by atoms with E-state index in [-0.39, 0.29) is 0 Å². The molecule has 1 aromatic heterocycles. The summed E-state index contributed by atoms with van der Waals surface area (Å²) in [5, 5.41) is 1.06. The molecule has 3 heteroatoms. The van der Waals surface area contributed by atoms with Gasteiger partial charge in [0, 0.05) is 22.3 Å². The van der Waals surface area contributed by atoms with Gasteiger partial charge in [-0.15, -0.1) is 0 Å². The van der Waals surface area contributed by atoms with Crippen molar-refractivity contribution in [1.82, 2.24) is 4.98 Å². The zero-order valence-corrected chi connectivity index (χ0v) is 13.1. The summed E-state index contributed by atoms with van der Waals surface area (Å²) in [5.74, 6) is 0. The molecule has 0 fully saturated rings. The molecule has 116 valence electrons. The number of nitrogen functional groups attached to an aromatic ring is 2. The molecule has 0 saturated heterocycles. The van der Waals surface area contributed by atoms with E-state index in [0.29, 0.717) is 0 Å². The highest BCUT2D eigenvalue weighted by molar-refractivity contribution is 5.98. The number of nitrogens with zero attached hydrogens (tertiary/aromatic N) is 1. The van der Waals surface area contributed by atoms with Crippen LogP contribution in [-0.4, -0.2) is 4.98 Å². The lowest BCUT2D eigenvalue weighted by atomic mass is 9.98. The zero-order valence-electron chi connectivity index (χ0n) is 13.1. The summed E-state index contributed by atoms with van der Waals surface area (Å²) >= 11 is 0. The van der Waals surface area contributed by atoms with E-state index in [1.54, 1.807) is 0 Å². The van der Waals surface area contributed by atoms with Crippen LogP contribution in [0.3, 0.4) is 0 Å². The first-order valence-electron chi connectivity index (χ1n) is 7.82. The minimum Gasteiger partial charge on any atom is -0.399 e. The number of hydrogen-bond acceptors (Lipinski definition) is 3. The quantitative estimate of drug-likeness (QED) is 0.526. The van der Waals surface area contributed by atoms with Crippen LogP contribution >= 0.6 is 0 Å². The number of hydrogen-bond donors (Lipinski definition) is 2. The minimum absolute atomic E-state index is 0.738. The maximum Gasteiger partial charge on any atom is 0.0717 e. The van der Waals surface area contributed by atoms with E-state index >= 15 is 0 Å². The van der Waals surface area contributed by atoms with Crippen LogP contribution in [0.2, 0.25) is 0 Å². The molecule has 0 aliphatic heterocycles. The Bertz CT molecular complexity index is 1010. The normalized spacial score (nSPS) is 10.8. The second-order valence-corrected chi connectivity index (χ2v) is 5.82. The molecule has 0 spiro atoms. The Morgan fingerprint density at radius 1 is 0.625 bits per heavy atom. The number of rotatable bonds is 2. The van der Waals surface area contributed by atoms with E-state index in [1.807, 2.05) is 60.7 Å². The van der Waals surface area contributed by atoms with Crippen LogP contribution in [0, 0.1) is 0 Å². The zero-order chi connectivity index (χ0) is 16.5. The van der Waals surface area contributed by atoms with Crippen LogP contribution in [0.4, 0.5) is 11.4 Å². The lowest BCUT2D eigenvalue weighted by Gasteiger charge is -2.11. The number of fused-ring (bicyclic) bond motifs is 1. The van der Waals surface area contributed by atoms with Gasteiger partial charge >= 0.3 is 0 Å². The summed E-state index contributed by atoms with van der Waals surface area (Å²) in [6, 6.07) is 26.0. The maximum absolute atomic E-state index is 5.99. The van der Waals surface area contributed by atoms with Gasteiger partial charge in [-0.3, -0.25) is 0 Å². The third kappa shape index (κ3) is 2.57. The van der Waals surface area contributed by atoms with Gasteiger partial charge < -0.3 is 11.5 Å². The molecule has 0 radical (unpaired) electrons. The standard InChI is InChI=1S/C21H17N3/c22-16-8-6-15(7-9-16)21-13-18(14-4-2-1-3-5-14)19-12-17(23)10-11-20(19)24-21/h1-13H,22-23H2. The average Bonchev–Trinajstić information content (AvgIpc) is 2.62. The Kier molecular flexibility index (Phi) is 3.39. The molecule has 0 saturated carbocycles. The highest BCUT2D eigenvalue weighted by atomic mass is 14.7. The first-order chi connectivity index (χ1) is 11.7. The molecule has 3 nitrogen and oxygen atoms in total. The summed E-state index contributed by atoms with van der Waals surface area (Å²) in [4.78, 5) is 4.81. The van der Waals surface area contributed by atoms with Crippen LogP contribution in [0.5, 0.6) is 0 Å². The van der Waals surface area contributed by atoms with Crippen molar-refractivity contribution in [3.8, 4) is 22.4 Å². The first-order valence-corrected chi connectivity index (χ1v) is 7.82. The highest BCUT2D eigenvalue weighted by Gasteiger charge is 2.10. The predicted octanol–water partition coefficient (Wildman–Crippen LogP) is 4.73. The molecule has 3 aromatic carbocycles. The molecule has 0 aliphatic carbocycles. The minimum atomic E-state index is 0.738. The maximum atomic E-state index is 5.99. The summed E-state index contributed by atoms with van der Waals surface area (Å²) in [5.41, 5.74) is 18.4. The Balaban J connectivity index is 2.00. The lowest BCUT2D eigenvalue weighted by Crippen LogP contribution is -1.92. The van der Waals surface area contributed by atoms with Crippen molar-refractivity contribution in [3.63, 3.8) is 0 Å². The van der Waals surface area contributed by atoms with Gasteiger partial charge in [0.25, 0.3) is 0 Å². The molecular formula is C21H17N3. The van der Waals surface area contributed by atoms with Gasteiger partial charge in [0.1, 0.15) is 0 Å². The van der Waals surface area contributed by atoms with Crippen molar-refractivity contribution in [1.29, 1.82) is 0 Å². The van der Waals surface area contributed by atoms with E-state index in [2.05, 4.69) is 18.2 Å². The van der Waals surface area contributed by atoms with Crippen molar-refractivity contribution < 1.29 is 0 Å². The fourth-order valence-electron chi connectivity index (χ4n) is 2.90. The van der Waals surface area contributed by atoms with Crippen LogP contribution < -0.4 is 11.5 Å². The summed E-state index contributed by atoms with van der Waals surface area (Å²) in [6.45, 7) is 0. The van der Waals surface area contributed by atoms with Crippen molar-refractivity contribution in [3.05, 3.63) is 78.9 Å². The van der Waals surface area contributed by atoms with Gasteiger partial charge in [0.15, 0.2) is 0 Å². The summed E-state index contributed by atoms with van der Waals surface area (Å²) < 4.78 is 0. The number of anilines is 2. The third-order valence-electron chi connectivity index (χ3n) is 4.12. The van der Waals surface area contributed by atoms with Crippen molar-refractivity contribution >= 4 is 22.3 Å². The van der Waals surface area contributed by atoms with E-state index < -0.39 is 0 Å². The van der Waals surface area contributed by atoms with Crippen molar-refractivity contribution in [2.24, 2.45) is 0 Å². The topological polar surface area (TPSA) is 64.9 Å². The third-order valence-corrected chi connectivity index (χ3v) is 4.12. The van der Waals surface area contributed by atoms with Gasteiger partial charge in [-0.1, -0.05) is 42.5 Å². The highest BCUT2D eigenvalue weighted by Crippen LogP contribution is 2.33. The molecule has 0 aliphatic rings. The number of aromatic nitrogens is 1. The van der Waals surface area contributed by atoms with Crippen molar-refractivity contribution in [2.75, 3.05) is 11.5 Å². The van der Waals surface area contributed by atoms with Gasteiger partial charge in [-0.2, -0.15) is 0 Å². The second-order valence-electron chi connectivity index (χ2n) is 5.82. The molecule has 4 rings (SSSR count). The Morgan fingerprint density at radius 3 is 2.08 bits per heavy atom. The predicted molar refractivity (Wildman–Crippen MR) is 101 cm³/mol. The molecule has 0 bridgehead atoms. The van der Waals surface area contributed by atoms with E-state index in [9.17, 15) is 0 Å². The smallest absolute Gasteiger partial charge is 0.0717 e. The van der Waals surface area contributed by atoms with Gasteiger partial charge in [-0.25, -0.2) is 4.98 Å². The molecule has 4 aromatic rings. The van der Waals surface area contributed by atoms with Crippen LogP contribution in [0.1, 0.15) is 0 Å². The van der Waals surface area contributed by atoms with Crippen LogP contribution in [-0.2, 0) is 0 Å². The Hall–Kier alpha value is -3.33. The van der Waals surface area contributed by atoms with Gasteiger partial charge in [0.05, 0.1) is 11.2 Å². The second kappa shape index (κ2) is 5.70. The molecular weight excluding hydrogens is 294 g/mol. The fourth-order valence-corrected chi connectivity index (χ4v) is 2.90. The molecule has 1 heterocycles. The first kappa shape index (κ1) is 14.3.